The quantitative estimate of drug-likeness (QED) is 0.186. The summed E-state index contributed by atoms with van der Waals surface area (Å²) in [6.45, 7) is 30.7. The Kier molecular flexibility index (Phi) is 15.1. The van der Waals surface area contributed by atoms with Crippen LogP contribution in [-0.4, -0.2) is 75.1 Å². The van der Waals surface area contributed by atoms with Gasteiger partial charge in [-0.05, 0) is 160 Å². The maximum Gasteiger partial charge on any atom is 0.269 e. The maximum absolute atomic E-state index is 12.0. The molecule has 57 heavy (non-hydrogen) atoms. The largest absolute Gasteiger partial charge is 0.351 e. The molecule has 3 heterocycles. The van der Waals surface area contributed by atoms with Gasteiger partial charge in [-0.25, -0.2) is 0 Å². The van der Waals surface area contributed by atoms with Crippen LogP contribution < -0.4 is 21.3 Å². The van der Waals surface area contributed by atoms with Gasteiger partial charge in [0.1, 0.15) is 17.1 Å². The molecule has 3 aliphatic rings. The molecule has 0 saturated heterocycles. The normalized spacial score (nSPS) is 16.1. The summed E-state index contributed by atoms with van der Waals surface area (Å²) in [6.07, 6.45) is 11.9. The molecule has 4 amide bonds. The molecule has 3 aromatic heterocycles. The highest BCUT2D eigenvalue weighted by molar-refractivity contribution is 5.94. The molecular formula is C43H72N10O4. The third-order valence-electron chi connectivity index (χ3n) is 8.77. The highest BCUT2D eigenvalue weighted by Gasteiger charge is 2.45. The van der Waals surface area contributed by atoms with Crippen molar-refractivity contribution in [1.29, 1.82) is 0 Å². The van der Waals surface area contributed by atoms with E-state index in [-0.39, 0.29) is 57.2 Å². The molecule has 14 heteroatoms. The molecule has 0 aliphatic heterocycles. The van der Waals surface area contributed by atoms with E-state index in [1.807, 2.05) is 113 Å². The molecule has 318 valence electrons. The molecule has 0 atom stereocenters. The minimum atomic E-state index is -0.219. The summed E-state index contributed by atoms with van der Waals surface area (Å²) in [5, 5.41) is 24.3. The second kappa shape index (κ2) is 18.4. The Morgan fingerprint density at radius 3 is 1.49 bits per heavy atom. The molecule has 6 rings (SSSR count). The van der Waals surface area contributed by atoms with Crippen molar-refractivity contribution in [2.75, 3.05) is 0 Å². The van der Waals surface area contributed by atoms with Crippen LogP contribution in [0.5, 0.6) is 0 Å². The summed E-state index contributed by atoms with van der Waals surface area (Å²) >= 11 is 0. The number of nitrogens with one attached hydrogen (secondary N) is 4. The van der Waals surface area contributed by atoms with E-state index in [1.165, 1.54) is 12.8 Å². The first-order valence-corrected chi connectivity index (χ1v) is 20.5. The van der Waals surface area contributed by atoms with Gasteiger partial charge >= 0.3 is 0 Å². The van der Waals surface area contributed by atoms with Gasteiger partial charge in [-0.3, -0.25) is 33.2 Å². The fourth-order valence-electron chi connectivity index (χ4n) is 5.35. The van der Waals surface area contributed by atoms with E-state index in [4.69, 9.17) is 0 Å². The van der Waals surface area contributed by atoms with Crippen LogP contribution in [0.1, 0.15) is 186 Å². The lowest BCUT2D eigenvalue weighted by molar-refractivity contribution is -0.127. The molecule has 3 aromatic rings. The van der Waals surface area contributed by atoms with Crippen LogP contribution in [0, 0.1) is 11.3 Å². The Balaban J connectivity index is 0.000000205. The third kappa shape index (κ3) is 16.9. The molecule has 0 radical (unpaired) electrons. The smallest absolute Gasteiger partial charge is 0.269 e. The summed E-state index contributed by atoms with van der Waals surface area (Å²) in [6, 6.07) is 5.94. The number of nitrogens with zero attached hydrogens (tertiary/aromatic N) is 6. The van der Waals surface area contributed by atoms with E-state index < -0.39 is 0 Å². The highest BCUT2D eigenvalue weighted by Crippen LogP contribution is 2.45. The first kappa shape index (κ1) is 46.9. The lowest BCUT2D eigenvalue weighted by atomic mass is 10.0. The van der Waals surface area contributed by atoms with Gasteiger partial charge in [0.15, 0.2) is 0 Å². The predicted octanol–water partition coefficient (Wildman–Crippen LogP) is 7.26. The number of hydrogen-bond donors (Lipinski definition) is 4. The lowest BCUT2D eigenvalue weighted by Gasteiger charge is -2.22. The number of carbonyl (C=O) groups is 4. The third-order valence-corrected chi connectivity index (χ3v) is 8.77. The first-order chi connectivity index (χ1) is 26.1. The molecule has 4 N–H and O–H groups in total. The first-order valence-electron chi connectivity index (χ1n) is 20.5. The van der Waals surface area contributed by atoms with Gasteiger partial charge < -0.3 is 21.3 Å². The number of amides is 4. The summed E-state index contributed by atoms with van der Waals surface area (Å²) in [5.41, 5.74) is 1.22. The molecule has 0 bridgehead atoms. The van der Waals surface area contributed by atoms with Gasteiger partial charge in [-0.2, -0.15) is 15.3 Å². The zero-order valence-corrected chi connectivity index (χ0v) is 37.5. The van der Waals surface area contributed by atoms with Crippen molar-refractivity contribution in [3.63, 3.8) is 0 Å². The Labute approximate surface area is 341 Å². The van der Waals surface area contributed by atoms with Crippen LogP contribution in [0.15, 0.2) is 36.8 Å². The maximum atomic E-state index is 12.0. The van der Waals surface area contributed by atoms with Gasteiger partial charge in [0.2, 0.25) is 5.91 Å². The minimum Gasteiger partial charge on any atom is -0.351 e. The second-order valence-corrected chi connectivity index (χ2v) is 20.4. The van der Waals surface area contributed by atoms with Crippen molar-refractivity contribution in [3.8, 4) is 0 Å². The van der Waals surface area contributed by atoms with Crippen molar-refractivity contribution < 1.29 is 19.2 Å². The topological polar surface area (TPSA) is 170 Å². The number of carbonyl (C=O) groups excluding carboxylic acids is 4. The van der Waals surface area contributed by atoms with Gasteiger partial charge in [0.05, 0.1) is 6.04 Å². The van der Waals surface area contributed by atoms with E-state index in [2.05, 4.69) is 36.6 Å². The van der Waals surface area contributed by atoms with Crippen LogP contribution in [0.2, 0.25) is 0 Å². The molecule has 0 aromatic carbocycles. The average Bonchev–Trinajstić information content (AvgIpc) is 4.00. The SMILES string of the molecule is CC(C)(C)NC(=O)C1(C)CC1.CC(C)(C)NC(=O)c1ccnn1C1CC1.CC(C)(C)NC(=O)c1ccnn1CC1CC1.CC(C)n1nccc1C(=O)NC(C)(C)C. The Bertz CT molecular complexity index is 1730. The van der Waals surface area contributed by atoms with Gasteiger partial charge in [0.25, 0.3) is 17.7 Å². The van der Waals surface area contributed by atoms with E-state index >= 15 is 0 Å². The van der Waals surface area contributed by atoms with Crippen molar-refractivity contribution >= 4 is 23.6 Å². The zero-order valence-electron chi connectivity index (χ0n) is 37.5. The fourth-order valence-corrected chi connectivity index (χ4v) is 5.35. The van der Waals surface area contributed by atoms with Crippen LogP contribution in [0.3, 0.4) is 0 Å². The standard InChI is InChI=1S/C12H19N3O.C11H17N3O.C11H19N3O.C9H17NO/c1-12(2,3)14-11(16)10-6-7-13-15(10)8-9-4-5-9;1-11(2,3)13-10(15)9-6-7-12-14(9)8-4-5-8;1-8(2)14-9(6-7-12-14)10(15)13-11(3,4)5;1-8(2,3)10-7(11)9(4)5-6-9/h6-7,9H,4-5,8H2,1-3H3,(H,14,16);6-8H,4-5H2,1-3H3,(H,13,15);6-8H,1-5H3,(H,13,15);5-6H2,1-4H3,(H,10,11). The molecule has 0 spiro atoms. The zero-order chi connectivity index (χ0) is 43.1. The molecule has 14 nitrogen and oxygen atoms in total. The van der Waals surface area contributed by atoms with Crippen LogP contribution in [0.25, 0.3) is 0 Å². The van der Waals surface area contributed by atoms with Gasteiger partial charge in [-0.15, -0.1) is 0 Å². The molecule has 3 fully saturated rings. The van der Waals surface area contributed by atoms with E-state index in [9.17, 15) is 19.2 Å². The Morgan fingerprint density at radius 2 is 1.05 bits per heavy atom. The van der Waals surface area contributed by atoms with Crippen molar-refractivity contribution in [1.82, 2.24) is 50.6 Å². The van der Waals surface area contributed by atoms with Crippen LogP contribution in [-0.2, 0) is 11.3 Å². The Hall–Kier alpha value is -4.49. The second-order valence-electron chi connectivity index (χ2n) is 20.4. The number of rotatable bonds is 8. The van der Waals surface area contributed by atoms with Gasteiger partial charge in [0, 0.05) is 58.7 Å². The van der Waals surface area contributed by atoms with Crippen molar-refractivity contribution in [2.45, 2.75) is 183 Å². The van der Waals surface area contributed by atoms with E-state index in [0.29, 0.717) is 23.1 Å². The lowest BCUT2D eigenvalue weighted by Crippen LogP contribution is -2.43. The number of hydrogen-bond acceptors (Lipinski definition) is 7. The number of aromatic nitrogens is 6. The summed E-state index contributed by atoms with van der Waals surface area (Å²) in [4.78, 5) is 47.2. The summed E-state index contributed by atoms with van der Waals surface area (Å²) < 4.78 is 5.38. The average molecular weight is 793 g/mol. The van der Waals surface area contributed by atoms with E-state index in [0.717, 1.165) is 38.1 Å². The molecule has 3 saturated carbocycles. The highest BCUT2D eigenvalue weighted by atomic mass is 16.2. The predicted molar refractivity (Wildman–Crippen MR) is 225 cm³/mol. The van der Waals surface area contributed by atoms with Gasteiger partial charge in [-0.1, -0.05) is 6.92 Å². The fraction of sp³-hybridized carbons (Fsp3) is 0.698. The minimum absolute atomic E-state index is 0.0344. The summed E-state index contributed by atoms with van der Waals surface area (Å²) in [5.74, 6) is 0.789. The summed E-state index contributed by atoms with van der Waals surface area (Å²) in [7, 11) is 0. The van der Waals surface area contributed by atoms with E-state index in [1.54, 1.807) is 41.5 Å². The molecule has 3 aliphatic carbocycles. The van der Waals surface area contributed by atoms with Crippen LogP contribution >= 0.6 is 0 Å². The molecular weight excluding hydrogens is 721 g/mol. The van der Waals surface area contributed by atoms with Crippen LogP contribution in [0.4, 0.5) is 0 Å². The van der Waals surface area contributed by atoms with Crippen molar-refractivity contribution in [3.05, 3.63) is 53.9 Å². The molecule has 0 unspecified atom stereocenters. The monoisotopic (exact) mass is 793 g/mol. The van der Waals surface area contributed by atoms with Crippen molar-refractivity contribution in [2.24, 2.45) is 11.3 Å². The Morgan fingerprint density at radius 1 is 0.632 bits per heavy atom.